The van der Waals surface area contributed by atoms with E-state index in [1.807, 2.05) is 24.3 Å². The fraction of sp³-hybridized carbons (Fsp3) is 0.222. The van der Waals surface area contributed by atoms with Crippen molar-refractivity contribution in [2.75, 3.05) is 0 Å². The van der Waals surface area contributed by atoms with Gasteiger partial charge in [0.25, 0.3) is 0 Å². The van der Waals surface area contributed by atoms with Crippen molar-refractivity contribution in [3.05, 3.63) is 107 Å². The van der Waals surface area contributed by atoms with Gasteiger partial charge >= 0.3 is 0 Å². The molecule has 3 aromatic carbocycles. The molecule has 1 N–H and O–H groups in total. The van der Waals surface area contributed by atoms with E-state index in [9.17, 15) is 19.5 Å². The maximum atomic E-state index is 11.8. The minimum Gasteiger partial charge on any atom is -0.382 e. The van der Waals surface area contributed by atoms with Gasteiger partial charge in [0, 0.05) is 16.7 Å². The summed E-state index contributed by atoms with van der Waals surface area (Å²) in [6.45, 7) is 7.22. The van der Waals surface area contributed by atoms with Crippen LogP contribution in [-0.4, -0.2) is 28.1 Å². The smallest absolute Gasteiger partial charge is 0.233 e. The van der Waals surface area contributed by atoms with E-state index in [4.69, 9.17) is 0 Å². The molecule has 0 amide bonds. The molecule has 0 unspecified atom stereocenters. The van der Waals surface area contributed by atoms with Crippen molar-refractivity contribution in [3.63, 3.8) is 0 Å². The van der Waals surface area contributed by atoms with Gasteiger partial charge in [0.1, 0.15) is 5.60 Å². The summed E-state index contributed by atoms with van der Waals surface area (Å²) in [6.07, 6.45) is 0. The second kappa shape index (κ2) is 10.6. The van der Waals surface area contributed by atoms with Crippen molar-refractivity contribution in [1.29, 1.82) is 0 Å². The predicted octanol–water partition coefficient (Wildman–Crippen LogP) is 5.52. The van der Waals surface area contributed by atoms with E-state index in [2.05, 4.69) is 13.8 Å². The lowest BCUT2D eigenvalue weighted by molar-refractivity contribution is 0.0488. The Hall–Kier alpha value is -3.37. The summed E-state index contributed by atoms with van der Waals surface area (Å²) in [6, 6.07) is 24.6. The molecule has 31 heavy (non-hydrogen) atoms. The molecule has 0 aliphatic carbocycles. The topological polar surface area (TPSA) is 71.4 Å². The molecule has 3 rings (SSSR count). The monoisotopic (exact) mass is 416 g/mol. The van der Waals surface area contributed by atoms with Crippen LogP contribution in [0.5, 0.6) is 0 Å². The van der Waals surface area contributed by atoms with Gasteiger partial charge in [-0.15, -0.1) is 0 Å². The standard InChI is InChI=1S/C14H10O2.C13H18O2/c15-13(11-7-3-1-4-8-11)14(16)12-9-5-2-6-10-12;1-9(2)10-5-7-11(8-6-10)12(14)13(3,4)15/h1-10H;5-9,15H,1-4H3. The van der Waals surface area contributed by atoms with E-state index < -0.39 is 17.2 Å². The number of Topliss-reactive ketones (excluding diaryl/α,β-unsaturated/α-hetero) is 3. The van der Waals surface area contributed by atoms with Gasteiger partial charge < -0.3 is 5.11 Å². The van der Waals surface area contributed by atoms with Crippen LogP contribution in [0.25, 0.3) is 0 Å². The van der Waals surface area contributed by atoms with Crippen LogP contribution in [-0.2, 0) is 0 Å². The molecule has 0 bridgehead atoms. The highest BCUT2D eigenvalue weighted by atomic mass is 16.3. The third kappa shape index (κ3) is 6.83. The maximum Gasteiger partial charge on any atom is 0.233 e. The molecular weight excluding hydrogens is 388 g/mol. The SMILES string of the molecule is CC(C)c1ccc(C(=O)C(C)(C)O)cc1.O=C(C(=O)c1ccccc1)c1ccccc1. The molecule has 0 heterocycles. The minimum absolute atomic E-state index is 0.238. The number of rotatable bonds is 6. The van der Waals surface area contributed by atoms with Gasteiger partial charge in [-0.2, -0.15) is 0 Å². The first-order valence-corrected chi connectivity index (χ1v) is 10.2. The Morgan fingerprint density at radius 1 is 0.645 bits per heavy atom. The lowest BCUT2D eigenvalue weighted by Crippen LogP contribution is -2.31. The highest BCUT2D eigenvalue weighted by molar-refractivity contribution is 6.49. The van der Waals surface area contributed by atoms with E-state index in [1.165, 1.54) is 19.4 Å². The van der Waals surface area contributed by atoms with Gasteiger partial charge in [-0.05, 0) is 25.3 Å². The van der Waals surface area contributed by atoms with Crippen molar-refractivity contribution in [2.45, 2.75) is 39.2 Å². The fourth-order valence-corrected chi connectivity index (χ4v) is 2.81. The average molecular weight is 417 g/mol. The minimum atomic E-state index is -1.29. The second-order valence-corrected chi connectivity index (χ2v) is 8.06. The molecular formula is C27H28O4. The Bertz CT molecular complexity index is 963. The van der Waals surface area contributed by atoms with Crippen molar-refractivity contribution >= 4 is 17.3 Å². The normalized spacial score (nSPS) is 10.8. The summed E-state index contributed by atoms with van der Waals surface area (Å²) in [5.41, 5.74) is 1.32. The Morgan fingerprint density at radius 2 is 1.03 bits per heavy atom. The second-order valence-electron chi connectivity index (χ2n) is 8.06. The van der Waals surface area contributed by atoms with E-state index in [1.54, 1.807) is 60.7 Å². The molecule has 0 spiro atoms. The van der Waals surface area contributed by atoms with Gasteiger partial charge in [0.2, 0.25) is 11.6 Å². The number of ketones is 3. The third-order valence-electron chi connectivity index (χ3n) is 4.67. The number of hydrogen-bond donors (Lipinski definition) is 1. The highest BCUT2D eigenvalue weighted by Crippen LogP contribution is 2.18. The van der Waals surface area contributed by atoms with Crippen molar-refractivity contribution in [2.24, 2.45) is 0 Å². The van der Waals surface area contributed by atoms with Crippen molar-refractivity contribution < 1.29 is 19.5 Å². The van der Waals surface area contributed by atoms with Crippen LogP contribution in [0.2, 0.25) is 0 Å². The largest absolute Gasteiger partial charge is 0.382 e. The fourth-order valence-electron chi connectivity index (χ4n) is 2.81. The maximum absolute atomic E-state index is 11.8. The van der Waals surface area contributed by atoms with E-state index in [-0.39, 0.29) is 5.78 Å². The molecule has 0 saturated carbocycles. The summed E-state index contributed by atoms with van der Waals surface area (Å²) in [7, 11) is 0. The van der Waals surface area contributed by atoms with Crippen LogP contribution in [0.3, 0.4) is 0 Å². The Balaban J connectivity index is 0.000000221. The summed E-state index contributed by atoms with van der Waals surface area (Å²) >= 11 is 0. The predicted molar refractivity (Wildman–Crippen MR) is 123 cm³/mol. The van der Waals surface area contributed by atoms with Gasteiger partial charge in [-0.3, -0.25) is 14.4 Å². The van der Waals surface area contributed by atoms with Gasteiger partial charge in [0.05, 0.1) is 0 Å². The molecule has 3 aromatic rings. The summed E-state index contributed by atoms with van der Waals surface area (Å²) in [4.78, 5) is 35.3. The number of hydrogen-bond acceptors (Lipinski definition) is 4. The molecule has 0 aromatic heterocycles. The first-order chi connectivity index (χ1) is 14.6. The first-order valence-electron chi connectivity index (χ1n) is 10.2. The summed E-state index contributed by atoms with van der Waals surface area (Å²) < 4.78 is 0. The van der Waals surface area contributed by atoms with E-state index in [0.29, 0.717) is 22.6 Å². The van der Waals surface area contributed by atoms with Crippen LogP contribution in [0.4, 0.5) is 0 Å². The van der Waals surface area contributed by atoms with Crippen molar-refractivity contribution in [3.8, 4) is 0 Å². The summed E-state index contributed by atoms with van der Waals surface area (Å²) in [5.74, 6) is -0.715. The zero-order valence-electron chi connectivity index (χ0n) is 18.3. The molecule has 4 nitrogen and oxygen atoms in total. The Kier molecular flexibility index (Phi) is 8.17. The molecule has 0 radical (unpaired) electrons. The molecule has 0 saturated heterocycles. The first kappa shape index (κ1) is 23.9. The number of carbonyl (C=O) groups is 3. The van der Waals surface area contributed by atoms with Crippen LogP contribution < -0.4 is 0 Å². The molecule has 160 valence electrons. The van der Waals surface area contributed by atoms with Gasteiger partial charge in [-0.25, -0.2) is 0 Å². The lowest BCUT2D eigenvalue weighted by atomic mass is 9.94. The van der Waals surface area contributed by atoms with Crippen LogP contribution >= 0.6 is 0 Å². The van der Waals surface area contributed by atoms with Crippen LogP contribution in [0, 0.1) is 0 Å². The zero-order chi connectivity index (χ0) is 23.0. The van der Waals surface area contributed by atoms with Gasteiger partial charge in [0.15, 0.2) is 5.78 Å². The quantitative estimate of drug-likeness (QED) is 0.424. The average Bonchev–Trinajstić information content (AvgIpc) is 2.78. The molecule has 4 heteroatoms. The highest BCUT2D eigenvalue weighted by Gasteiger charge is 2.24. The molecule has 0 aliphatic heterocycles. The lowest BCUT2D eigenvalue weighted by Gasteiger charge is -2.15. The van der Waals surface area contributed by atoms with Crippen LogP contribution in [0.1, 0.15) is 70.3 Å². The Labute approximate surface area is 183 Å². The molecule has 0 atom stereocenters. The number of benzene rings is 3. The van der Waals surface area contributed by atoms with Crippen LogP contribution in [0.15, 0.2) is 84.9 Å². The summed E-state index contributed by atoms with van der Waals surface area (Å²) in [5, 5.41) is 9.57. The zero-order valence-corrected chi connectivity index (χ0v) is 18.3. The molecule has 0 fully saturated rings. The van der Waals surface area contributed by atoms with E-state index in [0.717, 1.165) is 0 Å². The third-order valence-corrected chi connectivity index (χ3v) is 4.67. The van der Waals surface area contributed by atoms with Gasteiger partial charge in [-0.1, -0.05) is 98.8 Å². The Morgan fingerprint density at radius 3 is 1.35 bits per heavy atom. The number of carbonyl (C=O) groups excluding carboxylic acids is 3. The molecule has 0 aliphatic rings. The van der Waals surface area contributed by atoms with Crippen molar-refractivity contribution in [1.82, 2.24) is 0 Å². The van der Waals surface area contributed by atoms with E-state index >= 15 is 0 Å². The number of aliphatic hydroxyl groups is 1.